The predicted molar refractivity (Wildman–Crippen MR) is 215 cm³/mol. The van der Waals surface area contributed by atoms with Gasteiger partial charge in [0, 0.05) is 17.1 Å². The number of anilines is 3. The molecule has 0 radical (unpaired) electrons. The summed E-state index contributed by atoms with van der Waals surface area (Å²) in [5, 5.41) is 0. The summed E-state index contributed by atoms with van der Waals surface area (Å²) in [6.07, 6.45) is 8.75. The van der Waals surface area contributed by atoms with Crippen LogP contribution in [0.2, 0.25) is 0 Å². The molecule has 6 aromatic carbocycles. The zero-order valence-corrected chi connectivity index (χ0v) is 29.7. The molecule has 0 aromatic heterocycles. The van der Waals surface area contributed by atoms with Crippen molar-refractivity contribution in [2.45, 2.75) is 52.4 Å². The first-order valence-corrected chi connectivity index (χ1v) is 17.3. The average molecular weight is 638 g/mol. The Bertz CT molecular complexity index is 1890. The predicted octanol–water partition coefficient (Wildman–Crippen LogP) is 13.8. The molecule has 49 heavy (non-hydrogen) atoms. The van der Waals surface area contributed by atoms with Gasteiger partial charge in [0.1, 0.15) is 0 Å². The molecule has 0 aliphatic carbocycles. The van der Waals surface area contributed by atoms with E-state index in [0.717, 1.165) is 17.1 Å². The lowest BCUT2D eigenvalue weighted by molar-refractivity contribution is 0.590. The molecule has 0 bridgehead atoms. The fourth-order valence-electron chi connectivity index (χ4n) is 5.92. The van der Waals surface area contributed by atoms with Crippen molar-refractivity contribution in [2.75, 3.05) is 4.90 Å². The summed E-state index contributed by atoms with van der Waals surface area (Å²) in [7, 11) is 0. The summed E-state index contributed by atoms with van der Waals surface area (Å²) in [4.78, 5) is 2.33. The Morgan fingerprint density at radius 1 is 0.327 bits per heavy atom. The quantitative estimate of drug-likeness (QED) is 0.150. The second kappa shape index (κ2) is 14.4. The minimum Gasteiger partial charge on any atom is -0.311 e. The average Bonchev–Trinajstić information content (AvgIpc) is 3.11. The molecule has 0 saturated heterocycles. The first-order chi connectivity index (χ1) is 23.5. The van der Waals surface area contributed by atoms with Crippen molar-refractivity contribution < 1.29 is 0 Å². The van der Waals surface area contributed by atoms with Gasteiger partial charge in [-0.3, -0.25) is 0 Å². The van der Waals surface area contributed by atoms with Crippen LogP contribution in [0.5, 0.6) is 0 Å². The van der Waals surface area contributed by atoms with Crippen molar-refractivity contribution in [3.05, 3.63) is 185 Å². The van der Waals surface area contributed by atoms with E-state index in [1.165, 1.54) is 44.5 Å². The maximum absolute atomic E-state index is 2.33. The number of nitrogens with zero attached hydrogens (tertiary/aromatic N) is 1. The van der Waals surface area contributed by atoms with Crippen molar-refractivity contribution >= 4 is 41.4 Å². The Morgan fingerprint density at radius 2 is 0.612 bits per heavy atom. The molecule has 0 amide bonds. The second-order valence-electron chi connectivity index (χ2n) is 14.8. The summed E-state index contributed by atoms with van der Waals surface area (Å²) in [5.74, 6) is 0. The van der Waals surface area contributed by atoms with E-state index >= 15 is 0 Å². The molecule has 0 N–H and O–H groups in total. The van der Waals surface area contributed by atoms with Gasteiger partial charge in [0.15, 0.2) is 0 Å². The van der Waals surface area contributed by atoms with Crippen LogP contribution in [0.4, 0.5) is 17.1 Å². The molecule has 6 aromatic rings. The van der Waals surface area contributed by atoms with Crippen LogP contribution in [0.25, 0.3) is 35.4 Å². The van der Waals surface area contributed by atoms with E-state index in [4.69, 9.17) is 0 Å². The number of hydrogen-bond acceptors (Lipinski definition) is 1. The van der Waals surface area contributed by atoms with E-state index in [9.17, 15) is 0 Å². The van der Waals surface area contributed by atoms with E-state index in [-0.39, 0.29) is 10.8 Å². The molecular weight excluding hydrogens is 591 g/mol. The lowest BCUT2D eigenvalue weighted by Crippen LogP contribution is -2.10. The lowest BCUT2D eigenvalue weighted by Gasteiger charge is -2.26. The summed E-state index contributed by atoms with van der Waals surface area (Å²) < 4.78 is 0. The van der Waals surface area contributed by atoms with Gasteiger partial charge in [-0.25, -0.2) is 0 Å². The van der Waals surface area contributed by atoms with E-state index in [1.807, 2.05) is 0 Å². The first kappa shape index (κ1) is 33.5. The topological polar surface area (TPSA) is 3.24 Å². The van der Waals surface area contributed by atoms with Gasteiger partial charge in [0.05, 0.1) is 0 Å². The van der Waals surface area contributed by atoms with Crippen LogP contribution in [0, 0.1) is 0 Å². The van der Waals surface area contributed by atoms with E-state index < -0.39 is 0 Å². The normalized spacial score (nSPS) is 12.1. The third kappa shape index (κ3) is 8.55. The van der Waals surface area contributed by atoms with E-state index in [2.05, 4.69) is 222 Å². The summed E-state index contributed by atoms with van der Waals surface area (Å²) >= 11 is 0. The van der Waals surface area contributed by atoms with Crippen LogP contribution in [0.3, 0.4) is 0 Å². The largest absolute Gasteiger partial charge is 0.311 e. The standard InChI is InChI=1S/C48H47N/c1-47(2,3)42-26-16-36(17-27-42)12-14-38-20-30-44(31-21-38)49(46-34-24-41(25-35-46)40-10-8-7-9-11-40)45-32-22-39(23-33-45)15-13-37-18-28-43(29-19-37)48(4,5)6/h7-35H,1-6H3/b14-12+,15-13+. The molecule has 1 nitrogen and oxygen atoms in total. The summed E-state index contributed by atoms with van der Waals surface area (Å²) in [6, 6.07) is 54.8. The lowest BCUT2D eigenvalue weighted by atomic mass is 9.87. The minimum atomic E-state index is 0.155. The summed E-state index contributed by atoms with van der Waals surface area (Å²) in [6.45, 7) is 13.5. The highest BCUT2D eigenvalue weighted by Crippen LogP contribution is 2.36. The van der Waals surface area contributed by atoms with Crippen LogP contribution in [-0.4, -0.2) is 0 Å². The zero-order chi connectivity index (χ0) is 34.4. The number of rotatable bonds is 8. The van der Waals surface area contributed by atoms with Gasteiger partial charge in [-0.05, 0) is 91.7 Å². The first-order valence-electron chi connectivity index (χ1n) is 17.3. The van der Waals surface area contributed by atoms with Crippen LogP contribution >= 0.6 is 0 Å². The molecule has 0 aliphatic rings. The second-order valence-corrected chi connectivity index (χ2v) is 14.8. The smallest absolute Gasteiger partial charge is 0.0462 e. The molecule has 0 spiro atoms. The van der Waals surface area contributed by atoms with Gasteiger partial charge in [0.2, 0.25) is 0 Å². The van der Waals surface area contributed by atoms with Gasteiger partial charge in [0.25, 0.3) is 0 Å². The van der Waals surface area contributed by atoms with Crippen molar-refractivity contribution in [2.24, 2.45) is 0 Å². The van der Waals surface area contributed by atoms with Crippen LogP contribution < -0.4 is 4.90 Å². The molecule has 0 saturated carbocycles. The van der Waals surface area contributed by atoms with Gasteiger partial charge in [-0.2, -0.15) is 0 Å². The highest BCUT2D eigenvalue weighted by Gasteiger charge is 2.15. The highest BCUT2D eigenvalue weighted by molar-refractivity contribution is 5.80. The maximum Gasteiger partial charge on any atom is 0.0462 e. The van der Waals surface area contributed by atoms with E-state index in [0.29, 0.717) is 0 Å². The minimum absolute atomic E-state index is 0.155. The third-order valence-corrected chi connectivity index (χ3v) is 9.03. The Labute approximate surface area is 293 Å². The van der Waals surface area contributed by atoms with Gasteiger partial charge in [-0.15, -0.1) is 0 Å². The Kier molecular flexibility index (Phi) is 9.83. The third-order valence-electron chi connectivity index (χ3n) is 9.03. The number of hydrogen-bond donors (Lipinski definition) is 0. The fraction of sp³-hybridized carbons (Fsp3) is 0.167. The monoisotopic (exact) mass is 637 g/mol. The Hall–Kier alpha value is -5.40. The van der Waals surface area contributed by atoms with Gasteiger partial charge >= 0.3 is 0 Å². The Balaban J connectivity index is 1.25. The van der Waals surface area contributed by atoms with E-state index in [1.54, 1.807) is 0 Å². The molecule has 0 aliphatic heterocycles. The molecule has 0 fully saturated rings. The Morgan fingerprint density at radius 3 is 0.939 bits per heavy atom. The SMILES string of the molecule is CC(C)(C)c1ccc(/C=C/c2ccc(N(c3ccc(/C=C/c4ccc(C(C)(C)C)cc4)cc3)c3ccc(-c4ccccc4)cc3)cc2)cc1. The summed E-state index contributed by atoms with van der Waals surface area (Å²) in [5.41, 5.74) is 13.5. The van der Waals surface area contributed by atoms with Crippen LogP contribution in [-0.2, 0) is 10.8 Å². The zero-order valence-electron chi connectivity index (χ0n) is 29.7. The van der Waals surface area contributed by atoms with Crippen molar-refractivity contribution in [1.29, 1.82) is 0 Å². The molecule has 1 heteroatoms. The molecule has 0 atom stereocenters. The van der Waals surface area contributed by atoms with Crippen molar-refractivity contribution in [1.82, 2.24) is 0 Å². The van der Waals surface area contributed by atoms with Crippen LogP contribution in [0.15, 0.2) is 152 Å². The van der Waals surface area contributed by atoms with Crippen molar-refractivity contribution in [3.63, 3.8) is 0 Å². The molecular formula is C48H47N. The maximum atomic E-state index is 2.33. The molecule has 0 heterocycles. The molecule has 244 valence electrons. The molecule has 0 unspecified atom stereocenters. The number of benzene rings is 6. The van der Waals surface area contributed by atoms with Crippen LogP contribution in [0.1, 0.15) is 74.9 Å². The van der Waals surface area contributed by atoms with Crippen molar-refractivity contribution in [3.8, 4) is 11.1 Å². The fourth-order valence-corrected chi connectivity index (χ4v) is 5.92. The highest BCUT2D eigenvalue weighted by atomic mass is 15.1. The molecule has 6 rings (SSSR count). The van der Waals surface area contributed by atoms with Gasteiger partial charge in [-0.1, -0.05) is 181 Å². The van der Waals surface area contributed by atoms with Gasteiger partial charge < -0.3 is 4.90 Å².